The molecule has 2 fully saturated rings. The molecule has 1 saturated carbocycles. The van der Waals surface area contributed by atoms with E-state index in [1.165, 1.54) is 0 Å². The SMILES string of the molecule is C=C(C)C1CCC(=C)C2C3=C(CC(C)C3=O)C(=O)C3(C)OC3C12. The van der Waals surface area contributed by atoms with Crippen LogP contribution in [0.5, 0.6) is 0 Å². The Morgan fingerprint density at radius 2 is 2.04 bits per heavy atom. The highest BCUT2D eigenvalue weighted by Gasteiger charge is 2.68. The first-order valence-electron chi connectivity index (χ1n) is 8.60. The van der Waals surface area contributed by atoms with Crippen molar-refractivity contribution in [2.24, 2.45) is 23.7 Å². The first-order chi connectivity index (χ1) is 10.8. The van der Waals surface area contributed by atoms with Gasteiger partial charge >= 0.3 is 0 Å². The Morgan fingerprint density at radius 1 is 1.35 bits per heavy atom. The number of ether oxygens (including phenoxy) is 1. The van der Waals surface area contributed by atoms with Crippen molar-refractivity contribution < 1.29 is 14.3 Å². The molecule has 3 nitrogen and oxygen atoms in total. The van der Waals surface area contributed by atoms with Crippen molar-refractivity contribution in [1.29, 1.82) is 0 Å². The fourth-order valence-corrected chi connectivity index (χ4v) is 5.19. The van der Waals surface area contributed by atoms with E-state index in [4.69, 9.17) is 4.74 Å². The lowest BCUT2D eigenvalue weighted by atomic mass is 9.63. The van der Waals surface area contributed by atoms with Crippen LogP contribution in [0, 0.1) is 23.7 Å². The Balaban J connectivity index is 1.91. The smallest absolute Gasteiger partial charge is 0.193 e. The number of carbonyl (C=O) groups excluding carboxylic acids is 2. The summed E-state index contributed by atoms with van der Waals surface area (Å²) in [6.07, 6.45) is 2.35. The Hall–Kier alpha value is -1.48. The minimum absolute atomic E-state index is 0.0313. The molecule has 1 heterocycles. The molecule has 4 rings (SSSR count). The van der Waals surface area contributed by atoms with Gasteiger partial charge < -0.3 is 4.74 Å². The lowest BCUT2D eigenvalue weighted by molar-refractivity contribution is -0.120. The fraction of sp³-hybridized carbons (Fsp3) is 0.600. The number of hydrogen-bond acceptors (Lipinski definition) is 3. The van der Waals surface area contributed by atoms with Gasteiger partial charge in [0.25, 0.3) is 0 Å². The zero-order valence-corrected chi connectivity index (χ0v) is 14.1. The van der Waals surface area contributed by atoms with E-state index in [-0.39, 0.29) is 35.4 Å². The molecule has 0 radical (unpaired) electrons. The predicted molar refractivity (Wildman–Crippen MR) is 87.8 cm³/mol. The minimum atomic E-state index is -0.740. The predicted octanol–water partition coefficient (Wildman–Crippen LogP) is 3.41. The van der Waals surface area contributed by atoms with Gasteiger partial charge in [0.2, 0.25) is 0 Å². The second-order valence-electron chi connectivity index (χ2n) is 8.04. The van der Waals surface area contributed by atoms with Gasteiger partial charge in [-0.15, -0.1) is 0 Å². The summed E-state index contributed by atoms with van der Waals surface area (Å²) >= 11 is 0. The van der Waals surface area contributed by atoms with Crippen LogP contribution in [-0.4, -0.2) is 23.3 Å². The largest absolute Gasteiger partial charge is 0.357 e. The maximum atomic E-state index is 13.0. The second-order valence-corrected chi connectivity index (χ2v) is 8.04. The highest BCUT2D eigenvalue weighted by molar-refractivity contribution is 6.15. The van der Waals surface area contributed by atoms with Crippen molar-refractivity contribution in [3.63, 3.8) is 0 Å². The first kappa shape index (κ1) is 15.1. The fourth-order valence-electron chi connectivity index (χ4n) is 5.19. The molecule has 3 aliphatic carbocycles. The summed E-state index contributed by atoms with van der Waals surface area (Å²) in [6.45, 7) is 14.3. The Morgan fingerprint density at radius 3 is 2.70 bits per heavy atom. The van der Waals surface area contributed by atoms with Crippen LogP contribution in [0.2, 0.25) is 0 Å². The van der Waals surface area contributed by atoms with Gasteiger partial charge in [-0.05, 0) is 39.0 Å². The molecule has 0 spiro atoms. The van der Waals surface area contributed by atoms with E-state index in [1.54, 1.807) is 0 Å². The molecule has 6 unspecified atom stereocenters. The molecule has 1 aliphatic heterocycles. The third kappa shape index (κ3) is 1.80. The number of rotatable bonds is 1. The average molecular weight is 312 g/mol. The van der Waals surface area contributed by atoms with E-state index < -0.39 is 5.60 Å². The minimum Gasteiger partial charge on any atom is -0.357 e. The molecule has 0 aromatic carbocycles. The van der Waals surface area contributed by atoms with Crippen LogP contribution in [0.1, 0.15) is 40.0 Å². The van der Waals surface area contributed by atoms with Gasteiger partial charge in [0.05, 0.1) is 6.10 Å². The van der Waals surface area contributed by atoms with Gasteiger partial charge in [0, 0.05) is 28.9 Å². The quantitative estimate of drug-likeness (QED) is 0.550. The number of carbonyl (C=O) groups is 2. The average Bonchev–Trinajstić information content (AvgIpc) is 3.11. The summed E-state index contributed by atoms with van der Waals surface area (Å²) in [5.41, 5.74) is 2.97. The number of hydrogen-bond donors (Lipinski definition) is 0. The number of allylic oxidation sites excluding steroid dienone is 3. The first-order valence-corrected chi connectivity index (χ1v) is 8.60. The normalized spacial score (nSPS) is 45.3. The summed E-state index contributed by atoms with van der Waals surface area (Å²) in [5, 5.41) is 0. The number of fused-ring (bicyclic) bond motifs is 4. The van der Waals surface area contributed by atoms with Crippen LogP contribution in [0.25, 0.3) is 0 Å². The van der Waals surface area contributed by atoms with E-state index in [2.05, 4.69) is 20.1 Å². The highest BCUT2D eigenvalue weighted by atomic mass is 16.6. The molecule has 0 amide bonds. The van der Waals surface area contributed by atoms with Crippen LogP contribution in [-0.2, 0) is 14.3 Å². The van der Waals surface area contributed by atoms with Crippen molar-refractivity contribution in [2.75, 3.05) is 0 Å². The van der Waals surface area contributed by atoms with Gasteiger partial charge in [-0.1, -0.05) is 31.2 Å². The lowest BCUT2D eigenvalue weighted by Crippen LogP contribution is -2.38. The third-order valence-corrected chi connectivity index (χ3v) is 6.49. The summed E-state index contributed by atoms with van der Waals surface area (Å²) in [6, 6.07) is 0. The molecule has 23 heavy (non-hydrogen) atoms. The Bertz CT molecular complexity index is 698. The zero-order valence-electron chi connectivity index (χ0n) is 14.1. The van der Waals surface area contributed by atoms with Gasteiger partial charge in [0.1, 0.15) is 0 Å². The summed E-state index contributed by atoms with van der Waals surface area (Å²) in [4.78, 5) is 25.8. The molecule has 6 atom stereocenters. The molecular formula is C20H24O3. The molecule has 0 N–H and O–H groups in total. The van der Waals surface area contributed by atoms with Gasteiger partial charge in [0.15, 0.2) is 17.2 Å². The molecule has 0 aromatic rings. The lowest BCUT2D eigenvalue weighted by Gasteiger charge is -2.40. The van der Waals surface area contributed by atoms with Crippen molar-refractivity contribution in [3.05, 3.63) is 35.5 Å². The van der Waals surface area contributed by atoms with Crippen molar-refractivity contribution in [1.82, 2.24) is 0 Å². The maximum absolute atomic E-state index is 13.0. The Kier molecular flexibility index (Phi) is 2.97. The second kappa shape index (κ2) is 4.54. The van der Waals surface area contributed by atoms with Crippen LogP contribution >= 0.6 is 0 Å². The van der Waals surface area contributed by atoms with Crippen LogP contribution in [0.4, 0.5) is 0 Å². The standard InChI is InChI=1S/C20H24O3/c1-9(2)12-7-6-10(3)14-15-13(8-11(4)17(15)21)18(22)20(5)19(23-20)16(12)14/h11-12,14,16,19H,1,3,6-8H2,2,4-5H3. The van der Waals surface area contributed by atoms with Gasteiger partial charge in [-0.3, -0.25) is 9.59 Å². The van der Waals surface area contributed by atoms with Crippen LogP contribution in [0.15, 0.2) is 35.5 Å². The summed E-state index contributed by atoms with van der Waals surface area (Å²) in [5.74, 6) is 0.484. The highest BCUT2D eigenvalue weighted by Crippen LogP contribution is 2.60. The summed E-state index contributed by atoms with van der Waals surface area (Å²) in [7, 11) is 0. The molecule has 122 valence electrons. The zero-order chi connectivity index (χ0) is 16.7. The van der Waals surface area contributed by atoms with E-state index in [0.717, 1.165) is 35.1 Å². The van der Waals surface area contributed by atoms with Crippen molar-refractivity contribution in [3.8, 4) is 0 Å². The molecule has 0 aromatic heterocycles. The molecule has 0 bridgehead atoms. The Labute approximate surface area is 137 Å². The van der Waals surface area contributed by atoms with E-state index in [1.807, 2.05) is 13.8 Å². The molecule has 4 aliphatic rings. The van der Waals surface area contributed by atoms with E-state index >= 15 is 0 Å². The van der Waals surface area contributed by atoms with E-state index in [9.17, 15) is 9.59 Å². The molecular weight excluding hydrogens is 288 g/mol. The topological polar surface area (TPSA) is 46.7 Å². The van der Waals surface area contributed by atoms with Crippen LogP contribution in [0.3, 0.4) is 0 Å². The van der Waals surface area contributed by atoms with Gasteiger partial charge in [-0.2, -0.15) is 0 Å². The third-order valence-electron chi connectivity index (χ3n) is 6.49. The van der Waals surface area contributed by atoms with Crippen LogP contribution < -0.4 is 0 Å². The van der Waals surface area contributed by atoms with Crippen molar-refractivity contribution >= 4 is 11.6 Å². The molecule has 1 saturated heterocycles. The van der Waals surface area contributed by atoms with Crippen molar-refractivity contribution in [2.45, 2.75) is 51.7 Å². The number of ketones is 2. The molecule has 3 heteroatoms. The number of epoxide rings is 1. The maximum Gasteiger partial charge on any atom is 0.193 e. The summed E-state index contributed by atoms with van der Waals surface area (Å²) < 4.78 is 5.96. The van der Waals surface area contributed by atoms with Gasteiger partial charge in [-0.25, -0.2) is 0 Å². The van der Waals surface area contributed by atoms with E-state index in [0.29, 0.717) is 12.3 Å². The number of Topliss-reactive ketones (excluding diaryl/α,β-unsaturated/α-hetero) is 2. The monoisotopic (exact) mass is 312 g/mol.